The van der Waals surface area contributed by atoms with E-state index in [1.54, 1.807) is 12.3 Å². The van der Waals surface area contributed by atoms with E-state index >= 15 is 0 Å². The van der Waals surface area contributed by atoms with Gasteiger partial charge in [-0.2, -0.15) is 5.10 Å². The van der Waals surface area contributed by atoms with Gasteiger partial charge in [-0.3, -0.25) is 4.79 Å². The number of carbonyl (C=O) groups is 1. The van der Waals surface area contributed by atoms with Crippen molar-refractivity contribution in [2.24, 2.45) is 11.0 Å². The first-order valence-corrected chi connectivity index (χ1v) is 8.08. The standard InChI is InChI=1S/C18H24N2O3/c1-3-11-23-16-10-9-14(12-17(16)22-4-2)13-19-20-18(21)15-7-5-6-8-15/h3,9-10,12-13,15H,1,4-8,11H2,2H3,(H,20,21). The summed E-state index contributed by atoms with van der Waals surface area (Å²) in [6, 6.07) is 5.54. The van der Waals surface area contributed by atoms with Gasteiger partial charge in [0, 0.05) is 5.92 Å². The predicted molar refractivity (Wildman–Crippen MR) is 91.0 cm³/mol. The highest BCUT2D eigenvalue weighted by Gasteiger charge is 2.21. The second-order valence-electron chi connectivity index (χ2n) is 5.45. The molecule has 0 unspecified atom stereocenters. The Labute approximate surface area is 137 Å². The summed E-state index contributed by atoms with van der Waals surface area (Å²) in [4.78, 5) is 11.9. The van der Waals surface area contributed by atoms with Gasteiger partial charge >= 0.3 is 0 Å². The Balaban J connectivity index is 1.98. The molecule has 23 heavy (non-hydrogen) atoms. The van der Waals surface area contributed by atoms with E-state index in [0.29, 0.717) is 24.7 Å². The van der Waals surface area contributed by atoms with Crippen LogP contribution in [0.2, 0.25) is 0 Å². The van der Waals surface area contributed by atoms with Crippen LogP contribution in [0.5, 0.6) is 11.5 Å². The number of ether oxygens (including phenoxy) is 2. The van der Waals surface area contributed by atoms with E-state index in [1.165, 1.54) is 0 Å². The maximum atomic E-state index is 11.9. The fourth-order valence-electron chi connectivity index (χ4n) is 2.59. The van der Waals surface area contributed by atoms with E-state index in [0.717, 1.165) is 31.2 Å². The smallest absolute Gasteiger partial charge is 0.243 e. The SMILES string of the molecule is C=CCOc1ccc(C=NNC(=O)C2CCCC2)cc1OCC. The summed E-state index contributed by atoms with van der Waals surface area (Å²) < 4.78 is 11.1. The molecule has 1 saturated carbocycles. The number of hydrogen-bond donors (Lipinski definition) is 1. The Hall–Kier alpha value is -2.30. The van der Waals surface area contributed by atoms with Crippen molar-refractivity contribution in [1.82, 2.24) is 5.43 Å². The first-order chi connectivity index (χ1) is 11.2. The van der Waals surface area contributed by atoms with Crippen molar-refractivity contribution in [2.45, 2.75) is 32.6 Å². The van der Waals surface area contributed by atoms with Gasteiger partial charge in [0.2, 0.25) is 5.91 Å². The van der Waals surface area contributed by atoms with Crippen molar-refractivity contribution < 1.29 is 14.3 Å². The molecule has 1 fully saturated rings. The first-order valence-electron chi connectivity index (χ1n) is 8.08. The van der Waals surface area contributed by atoms with Crippen LogP contribution in [0.1, 0.15) is 38.2 Å². The maximum absolute atomic E-state index is 11.9. The van der Waals surface area contributed by atoms with Crippen LogP contribution in [0, 0.1) is 5.92 Å². The summed E-state index contributed by atoms with van der Waals surface area (Å²) in [6.45, 7) is 6.51. The minimum atomic E-state index is 0.00900. The average molecular weight is 316 g/mol. The largest absolute Gasteiger partial charge is 0.490 e. The van der Waals surface area contributed by atoms with E-state index in [9.17, 15) is 4.79 Å². The molecule has 0 bridgehead atoms. The molecule has 0 atom stereocenters. The quantitative estimate of drug-likeness (QED) is 0.455. The second-order valence-corrected chi connectivity index (χ2v) is 5.45. The van der Waals surface area contributed by atoms with Gasteiger partial charge in [0.25, 0.3) is 0 Å². The lowest BCUT2D eigenvalue weighted by Gasteiger charge is -2.11. The summed E-state index contributed by atoms with van der Waals surface area (Å²) >= 11 is 0. The molecule has 1 aliphatic carbocycles. The molecule has 1 aromatic rings. The summed E-state index contributed by atoms with van der Waals surface area (Å²) in [6.07, 6.45) is 7.49. The van der Waals surface area contributed by atoms with E-state index in [4.69, 9.17) is 9.47 Å². The topological polar surface area (TPSA) is 59.9 Å². The van der Waals surface area contributed by atoms with Gasteiger partial charge in [0.1, 0.15) is 6.61 Å². The molecule has 1 aliphatic rings. The van der Waals surface area contributed by atoms with Gasteiger partial charge < -0.3 is 9.47 Å². The van der Waals surface area contributed by atoms with Crippen LogP contribution < -0.4 is 14.9 Å². The first kappa shape index (κ1) is 17.1. The minimum absolute atomic E-state index is 0.00900. The number of carbonyl (C=O) groups excluding carboxylic acids is 1. The maximum Gasteiger partial charge on any atom is 0.243 e. The Morgan fingerprint density at radius 3 is 2.83 bits per heavy atom. The van der Waals surface area contributed by atoms with Crippen molar-refractivity contribution in [3.8, 4) is 11.5 Å². The number of nitrogens with one attached hydrogen (secondary N) is 1. The Kier molecular flexibility index (Phi) is 6.66. The number of hydrogen-bond acceptors (Lipinski definition) is 4. The van der Waals surface area contributed by atoms with Gasteiger partial charge in [-0.25, -0.2) is 5.43 Å². The Morgan fingerprint density at radius 1 is 1.35 bits per heavy atom. The lowest BCUT2D eigenvalue weighted by molar-refractivity contribution is -0.124. The zero-order valence-corrected chi connectivity index (χ0v) is 13.6. The molecule has 5 heteroatoms. The number of rotatable bonds is 8. The molecule has 2 rings (SSSR count). The van der Waals surface area contributed by atoms with Crippen molar-refractivity contribution in [2.75, 3.05) is 13.2 Å². The lowest BCUT2D eigenvalue weighted by atomic mass is 10.1. The van der Waals surface area contributed by atoms with Crippen LogP contribution in [-0.4, -0.2) is 25.3 Å². The number of amides is 1. The van der Waals surface area contributed by atoms with Gasteiger partial charge in [-0.1, -0.05) is 25.5 Å². The summed E-state index contributed by atoms with van der Waals surface area (Å²) in [5.41, 5.74) is 3.46. The summed E-state index contributed by atoms with van der Waals surface area (Å²) in [5, 5.41) is 4.04. The summed E-state index contributed by atoms with van der Waals surface area (Å²) in [5.74, 6) is 1.44. The molecule has 1 amide bonds. The molecule has 0 radical (unpaired) electrons. The average Bonchev–Trinajstić information content (AvgIpc) is 3.09. The molecule has 5 nitrogen and oxygen atoms in total. The number of benzene rings is 1. The molecule has 1 aromatic carbocycles. The van der Waals surface area contributed by atoms with E-state index in [-0.39, 0.29) is 11.8 Å². The van der Waals surface area contributed by atoms with Crippen molar-refractivity contribution in [1.29, 1.82) is 0 Å². The fraction of sp³-hybridized carbons (Fsp3) is 0.444. The van der Waals surface area contributed by atoms with E-state index in [1.807, 2.05) is 25.1 Å². The molecule has 0 saturated heterocycles. The highest BCUT2D eigenvalue weighted by atomic mass is 16.5. The predicted octanol–water partition coefficient (Wildman–Crippen LogP) is 3.29. The third-order valence-electron chi connectivity index (χ3n) is 3.74. The van der Waals surface area contributed by atoms with Crippen LogP contribution in [0.15, 0.2) is 36.0 Å². The zero-order chi connectivity index (χ0) is 16.5. The molecule has 0 spiro atoms. The van der Waals surface area contributed by atoms with Gasteiger partial charge in [-0.05, 0) is 43.5 Å². The molecule has 1 N–H and O–H groups in total. The third-order valence-corrected chi connectivity index (χ3v) is 3.74. The fourth-order valence-corrected chi connectivity index (χ4v) is 2.59. The van der Waals surface area contributed by atoms with Gasteiger partial charge in [-0.15, -0.1) is 0 Å². The highest BCUT2D eigenvalue weighted by molar-refractivity contribution is 5.84. The molecule has 0 aliphatic heterocycles. The molecule has 0 heterocycles. The van der Waals surface area contributed by atoms with Crippen LogP contribution in [0.3, 0.4) is 0 Å². The minimum Gasteiger partial charge on any atom is -0.490 e. The number of hydrazone groups is 1. The van der Waals surface area contributed by atoms with E-state index in [2.05, 4.69) is 17.1 Å². The van der Waals surface area contributed by atoms with Crippen LogP contribution in [0.4, 0.5) is 0 Å². The number of nitrogens with zero attached hydrogens (tertiary/aromatic N) is 1. The molecule has 124 valence electrons. The lowest BCUT2D eigenvalue weighted by Crippen LogP contribution is -2.24. The Bertz CT molecular complexity index is 563. The highest BCUT2D eigenvalue weighted by Crippen LogP contribution is 2.28. The van der Waals surface area contributed by atoms with Crippen LogP contribution in [0.25, 0.3) is 0 Å². The van der Waals surface area contributed by atoms with Crippen molar-refractivity contribution in [3.63, 3.8) is 0 Å². The van der Waals surface area contributed by atoms with Crippen molar-refractivity contribution in [3.05, 3.63) is 36.4 Å². The molecular formula is C18H24N2O3. The van der Waals surface area contributed by atoms with Gasteiger partial charge in [0.05, 0.1) is 12.8 Å². The Morgan fingerprint density at radius 2 is 2.13 bits per heavy atom. The molecule has 0 aromatic heterocycles. The second kappa shape index (κ2) is 8.98. The normalized spacial score (nSPS) is 14.8. The zero-order valence-electron chi connectivity index (χ0n) is 13.6. The van der Waals surface area contributed by atoms with Crippen molar-refractivity contribution >= 4 is 12.1 Å². The van der Waals surface area contributed by atoms with Gasteiger partial charge in [0.15, 0.2) is 11.5 Å². The molecular weight excluding hydrogens is 292 g/mol. The summed E-state index contributed by atoms with van der Waals surface area (Å²) in [7, 11) is 0. The third kappa shape index (κ3) is 5.13. The van der Waals surface area contributed by atoms with E-state index < -0.39 is 0 Å². The van der Waals surface area contributed by atoms with Crippen LogP contribution >= 0.6 is 0 Å². The monoisotopic (exact) mass is 316 g/mol. The van der Waals surface area contributed by atoms with Crippen LogP contribution in [-0.2, 0) is 4.79 Å².